The molecule has 1 fully saturated rings. The average Bonchev–Trinajstić information content (AvgIpc) is 3.39. The number of likely N-dealkylation sites (N-methyl/N-ethyl adjacent to an activating group) is 1. The standard InChI is InChI=1S/C22H23FN4O.ClH/c1-26(20-11-12-24-14-20)21(28)13-17-15-27(19-5-3-2-4-6-19)25-22(17)16-7-9-18(23)10-8-16;/h2-10,15,20,24H,11-14H2,1H3;1H. The second kappa shape index (κ2) is 9.20. The Kier molecular flexibility index (Phi) is 6.67. The molecule has 1 N–H and O–H groups in total. The van der Waals surface area contributed by atoms with E-state index in [4.69, 9.17) is 5.10 Å². The first-order valence-electron chi connectivity index (χ1n) is 9.48. The minimum atomic E-state index is -0.294. The molecule has 29 heavy (non-hydrogen) atoms. The normalized spacial score (nSPS) is 15.7. The van der Waals surface area contributed by atoms with Gasteiger partial charge < -0.3 is 10.2 Å². The number of rotatable bonds is 5. The molecule has 152 valence electrons. The van der Waals surface area contributed by atoms with E-state index in [-0.39, 0.29) is 36.6 Å². The summed E-state index contributed by atoms with van der Waals surface area (Å²) in [5, 5.41) is 8.00. The third-order valence-electron chi connectivity index (χ3n) is 5.25. The van der Waals surface area contributed by atoms with Gasteiger partial charge in [-0.1, -0.05) is 18.2 Å². The summed E-state index contributed by atoms with van der Waals surface area (Å²) in [6, 6.07) is 16.2. The Bertz CT molecular complexity index is 953. The topological polar surface area (TPSA) is 50.2 Å². The highest BCUT2D eigenvalue weighted by atomic mass is 35.5. The van der Waals surface area contributed by atoms with Crippen molar-refractivity contribution >= 4 is 18.3 Å². The molecule has 3 aromatic rings. The smallest absolute Gasteiger partial charge is 0.227 e. The number of hydrogen-bond donors (Lipinski definition) is 1. The Balaban J connectivity index is 0.00000240. The van der Waals surface area contributed by atoms with Gasteiger partial charge in [-0.05, 0) is 49.4 Å². The Morgan fingerprint density at radius 2 is 1.93 bits per heavy atom. The molecule has 1 saturated heterocycles. The molecular formula is C22H24ClFN4O. The maximum absolute atomic E-state index is 13.4. The molecule has 0 aliphatic carbocycles. The number of nitrogens with zero attached hydrogens (tertiary/aromatic N) is 3. The molecule has 4 rings (SSSR count). The van der Waals surface area contributed by atoms with E-state index in [9.17, 15) is 9.18 Å². The van der Waals surface area contributed by atoms with Crippen molar-refractivity contribution in [3.8, 4) is 16.9 Å². The lowest BCUT2D eigenvalue weighted by atomic mass is 10.0. The SMILES string of the molecule is CN(C(=O)Cc1cn(-c2ccccc2)nc1-c1ccc(F)cc1)C1CCNC1.Cl. The van der Waals surface area contributed by atoms with E-state index in [1.165, 1.54) is 12.1 Å². The first-order valence-corrected chi connectivity index (χ1v) is 9.48. The van der Waals surface area contributed by atoms with E-state index in [2.05, 4.69) is 5.32 Å². The van der Waals surface area contributed by atoms with Gasteiger partial charge in [-0.15, -0.1) is 12.4 Å². The molecule has 1 aromatic heterocycles. The molecular weight excluding hydrogens is 391 g/mol. The van der Waals surface area contributed by atoms with Crippen molar-refractivity contribution in [3.05, 3.63) is 72.2 Å². The zero-order chi connectivity index (χ0) is 19.5. The van der Waals surface area contributed by atoms with Gasteiger partial charge in [-0.2, -0.15) is 5.10 Å². The molecule has 0 radical (unpaired) electrons. The van der Waals surface area contributed by atoms with Crippen LogP contribution in [0.1, 0.15) is 12.0 Å². The van der Waals surface area contributed by atoms with E-state index >= 15 is 0 Å². The summed E-state index contributed by atoms with van der Waals surface area (Å²) in [6.45, 7) is 1.77. The third kappa shape index (κ3) is 4.66. The third-order valence-corrected chi connectivity index (χ3v) is 5.25. The number of amides is 1. The molecule has 1 amide bonds. The Morgan fingerprint density at radius 3 is 2.59 bits per heavy atom. The van der Waals surface area contributed by atoms with Crippen LogP contribution in [0.3, 0.4) is 0 Å². The summed E-state index contributed by atoms with van der Waals surface area (Å²) in [6.07, 6.45) is 3.12. The predicted octanol–water partition coefficient (Wildman–Crippen LogP) is 3.46. The maximum Gasteiger partial charge on any atom is 0.227 e. The number of carbonyl (C=O) groups excluding carboxylic acids is 1. The Labute approximate surface area is 175 Å². The minimum absolute atomic E-state index is 0. The molecule has 0 spiro atoms. The highest BCUT2D eigenvalue weighted by Gasteiger charge is 2.24. The van der Waals surface area contributed by atoms with Gasteiger partial charge in [-0.3, -0.25) is 4.79 Å². The van der Waals surface area contributed by atoms with Gasteiger partial charge in [0.05, 0.1) is 17.8 Å². The lowest BCUT2D eigenvalue weighted by Crippen LogP contribution is -2.39. The van der Waals surface area contributed by atoms with Crippen LogP contribution in [0, 0.1) is 5.82 Å². The summed E-state index contributed by atoms with van der Waals surface area (Å²) >= 11 is 0. The summed E-state index contributed by atoms with van der Waals surface area (Å²) < 4.78 is 15.1. The second-order valence-corrected chi connectivity index (χ2v) is 7.12. The number of benzene rings is 2. The predicted molar refractivity (Wildman–Crippen MR) is 114 cm³/mol. The summed E-state index contributed by atoms with van der Waals surface area (Å²) in [5.74, 6) is -0.234. The molecule has 1 aliphatic rings. The average molecular weight is 415 g/mol. The largest absolute Gasteiger partial charge is 0.341 e. The fraction of sp³-hybridized carbons (Fsp3) is 0.273. The monoisotopic (exact) mass is 414 g/mol. The van der Waals surface area contributed by atoms with E-state index < -0.39 is 0 Å². The van der Waals surface area contributed by atoms with Crippen LogP contribution in [-0.4, -0.2) is 46.8 Å². The van der Waals surface area contributed by atoms with Gasteiger partial charge in [0.1, 0.15) is 5.82 Å². The molecule has 1 unspecified atom stereocenters. The van der Waals surface area contributed by atoms with Crippen LogP contribution in [0.5, 0.6) is 0 Å². The van der Waals surface area contributed by atoms with Crippen molar-refractivity contribution < 1.29 is 9.18 Å². The van der Waals surface area contributed by atoms with Crippen molar-refractivity contribution in [3.63, 3.8) is 0 Å². The van der Waals surface area contributed by atoms with E-state index in [1.54, 1.807) is 16.8 Å². The van der Waals surface area contributed by atoms with Crippen molar-refractivity contribution in [1.29, 1.82) is 0 Å². The highest BCUT2D eigenvalue weighted by molar-refractivity contribution is 5.85. The van der Waals surface area contributed by atoms with Crippen molar-refractivity contribution in [2.24, 2.45) is 0 Å². The fourth-order valence-corrected chi connectivity index (χ4v) is 3.56. The molecule has 0 saturated carbocycles. The molecule has 5 nitrogen and oxygen atoms in total. The van der Waals surface area contributed by atoms with Crippen LogP contribution >= 0.6 is 12.4 Å². The second-order valence-electron chi connectivity index (χ2n) is 7.12. The molecule has 2 aromatic carbocycles. The van der Waals surface area contributed by atoms with Crippen LogP contribution in [0.4, 0.5) is 4.39 Å². The van der Waals surface area contributed by atoms with Gasteiger partial charge in [0.2, 0.25) is 5.91 Å². The summed E-state index contributed by atoms with van der Waals surface area (Å²) in [5.41, 5.74) is 3.25. The molecule has 7 heteroatoms. The Morgan fingerprint density at radius 1 is 1.21 bits per heavy atom. The lowest BCUT2D eigenvalue weighted by molar-refractivity contribution is -0.130. The van der Waals surface area contributed by atoms with Crippen LogP contribution < -0.4 is 5.32 Å². The van der Waals surface area contributed by atoms with Gasteiger partial charge in [0.25, 0.3) is 0 Å². The van der Waals surface area contributed by atoms with Crippen molar-refractivity contribution in [2.75, 3.05) is 20.1 Å². The zero-order valence-electron chi connectivity index (χ0n) is 16.2. The number of aromatic nitrogens is 2. The van der Waals surface area contributed by atoms with Gasteiger partial charge >= 0.3 is 0 Å². The summed E-state index contributed by atoms with van der Waals surface area (Å²) in [4.78, 5) is 14.7. The maximum atomic E-state index is 13.4. The Hall–Kier alpha value is -2.70. The van der Waals surface area contributed by atoms with Gasteiger partial charge in [0.15, 0.2) is 0 Å². The number of carbonyl (C=O) groups is 1. The number of halogens is 2. The minimum Gasteiger partial charge on any atom is -0.341 e. The van der Waals surface area contributed by atoms with Gasteiger partial charge in [-0.25, -0.2) is 9.07 Å². The van der Waals surface area contributed by atoms with Crippen molar-refractivity contribution in [2.45, 2.75) is 18.9 Å². The molecule has 0 bridgehead atoms. The van der Waals surface area contributed by atoms with Crippen LogP contribution in [-0.2, 0) is 11.2 Å². The van der Waals surface area contributed by atoms with E-state index in [0.717, 1.165) is 36.3 Å². The molecule has 1 aliphatic heterocycles. The summed E-state index contributed by atoms with van der Waals surface area (Å²) in [7, 11) is 1.86. The highest BCUT2D eigenvalue weighted by Crippen LogP contribution is 2.25. The molecule has 2 heterocycles. The first kappa shape index (κ1) is 21.0. The number of hydrogen-bond acceptors (Lipinski definition) is 3. The van der Waals surface area contributed by atoms with Crippen molar-refractivity contribution in [1.82, 2.24) is 20.0 Å². The number of para-hydroxylation sites is 1. The quantitative estimate of drug-likeness (QED) is 0.695. The van der Waals surface area contributed by atoms with Crippen LogP contribution in [0.25, 0.3) is 16.9 Å². The zero-order valence-corrected chi connectivity index (χ0v) is 17.0. The van der Waals surface area contributed by atoms with Gasteiger partial charge in [0, 0.05) is 37.0 Å². The number of nitrogens with one attached hydrogen (secondary N) is 1. The lowest BCUT2D eigenvalue weighted by Gasteiger charge is -2.23. The fourth-order valence-electron chi connectivity index (χ4n) is 3.56. The van der Waals surface area contributed by atoms with Crippen LogP contribution in [0.15, 0.2) is 60.8 Å². The molecule has 1 atom stereocenters. The first-order chi connectivity index (χ1) is 13.6. The van der Waals surface area contributed by atoms with Crippen LogP contribution in [0.2, 0.25) is 0 Å². The van der Waals surface area contributed by atoms with E-state index in [0.29, 0.717) is 5.69 Å². The van der Waals surface area contributed by atoms with E-state index in [1.807, 2.05) is 48.5 Å².